The first-order valence-corrected chi connectivity index (χ1v) is 5.61. The zero-order valence-electron chi connectivity index (χ0n) is 8.94. The Balaban J connectivity index is 2.41. The van der Waals surface area contributed by atoms with Gasteiger partial charge in [0.15, 0.2) is 11.7 Å². The summed E-state index contributed by atoms with van der Waals surface area (Å²) in [6.07, 6.45) is 0. The topological polar surface area (TPSA) is 64.9 Å². The molecule has 0 fully saturated rings. The van der Waals surface area contributed by atoms with Crippen LogP contribution in [0.1, 0.15) is 29.6 Å². The minimum Gasteiger partial charge on any atom is -0.439 e. The van der Waals surface area contributed by atoms with E-state index in [1.807, 2.05) is 26.2 Å². The molecule has 0 aromatic carbocycles. The number of hydrogen-bond acceptors (Lipinski definition) is 5. The molecule has 2 aromatic rings. The summed E-state index contributed by atoms with van der Waals surface area (Å²) in [5, 5.41) is 2.87. The molecule has 0 radical (unpaired) electrons. The maximum atomic E-state index is 5.75. The molecular weight excluding hydrogens is 210 g/mol. The van der Waals surface area contributed by atoms with Crippen LogP contribution < -0.4 is 5.73 Å². The monoisotopic (exact) mass is 223 g/mol. The third-order valence-corrected chi connectivity index (χ3v) is 3.09. The van der Waals surface area contributed by atoms with Crippen LogP contribution in [0.25, 0.3) is 11.5 Å². The number of aryl methyl sites for hydroxylation is 2. The van der Waals surface area contributed by atoms with E-state index in [9.17, 15) is 0 Å². The Hall–Kier alpha value is -1.20. The summed E-state index contributed by atoms with van der Waals surface area (Å²) in [6, 6.07) is -0.0342. The van der Waals surface area contributed by atoms with E-state index in [4.69, 9.17) is 10.2 Å². The van der Waals surface area contributed by atoms with E-state index in [0.717, 1.165) is 22.2 Å². The summed E-state index contributed by atoms with van der Waals surface area (Å²) in [5.74, 6) is 1.41. The lowest BCUT2D eigenvalue weighted by atomic mass is 10.3. The molecule has 0 saturated carbocycles. The number of rotatable bonds is 2. The fourth-order valence-corrected chi connectivity index (χ4v) is 2.13. The Bertz CT molecular complexity index is 473. The van der Waals surface area contributed by atoms with Crippen molar-refractivity contribution < 1.29 is 4.42 Å². The second kappa shape index (κ2) is 3.75. The Morgan fingerprint density at radius 2 is 2.13 bits per heavy atom. The zero-order valence-corrected chi connectivity index (χ0v) is 9.76. The van der Waals surface area contributed by atoms with Gasteiger partial charge in [0.2, 0.25) is 0 Å². The Morgan fingerprint density at radius 1 is 1.40 bits per heavy atom. The molecule has 15 heavy (non-hydrogen) atoms. The number of nitrogens with two attached hydrogens (primary N) is 1. The minimum absolute atomic E-state index is 0.0342. The van der Waals surface area contributed by atoms with Crippen molar-refractivity contribution in [3.8, 4) is 11.5 Å². The lowest BCUT2D eigenvalue weighted by Crippen LogP contribution is -2.03. The van der Waals surface area contributed by atoms with Gasteiger partial charge in [-0.3, -0.25) is 0 Å². The molecule has 0 aliphatic rings. The van der Waals surface area contributed by atoms with Crippen molar-refractivity contribution in [3.63, 3.8) is 0 Å². The number of hydrogen-bond donors (Lipinski definition) is 1. The fourth-order valence-electron chi connectivity index (χ4n) is 1.37. The smallest absolute Gasteiger partial charge is 0.192 e. The van der Waals surface area contributed by atoms with Gasteiger partial charge in [-0.25, -0.2) is 9.97 Å². The van der Waals surface area contributed by atoms with Crippen LogP contribution in [0, 0.1) is 13.8 Å². The summed E-state index contributed by atoms with van der Waals surface area (Å²) in [4.78, 5) is 8.62. The number of thiazole rings is 1. The largest absolute Gasteiger partial charge is 0.439 e. The highest BCUT2D eigenvalue weighted by atomic mass is 32.1. The van der Waals surface area contributed by atoms with Gasteiger partial charge in [-0.2, -0.15) is 0 Å². The van der Waals surface area contributed by atoms with Gasteiger partial charge in [0, 0.05) is 12.3 Å². The van der Waals surface area contributed by atoms with Crippen LogP contribution in [0.2, 0.25) is 0 Å². The van der Waals surface area contributed by atoms with Crippen LogP contribution in [-0.2, 0) is 0 Å². The summed E-state index contributed by atoms with van der Waals surface area (Å²) < 4.78 is 5.49. The fraction of sp³-hybridized carbons (Fsp3) is 0.400. The third kappa shape index (κ3) is 1.93. The molecule has 0 aliphatic heterocycles. The van der Waals surface area contributed by atoms with Gasteiger partial charge < -0.3 is 10.2 Å². The maximum Gasteiger partial charge on any atom is 0.192 e. The van der Waals surface area contributed by atoms with Crippen molar-refractivity contribution in [2.24, 2.45) is 5.73 Å². The molecule has 0 amide bonds. The zero-order chi connectivity index (χ0) is 11.0. The van der Waals surface area contributed by atoms with E-state index in [2.05, 4.69) is 9.97 Å². The van der Waals surface area contributed by atoms with Crippen LogP contribution in [0.4, 0.5) is 0 Å². The molecule has 2 N–H and O–H groups in total. The van der Waals surface area contributed by atoms with E-state index in [1.54, 1.807) is 11.3 Å². The molecule has 1 atom stereocenters. The van der Waals surface area contributed by atoms with Gasteiger partial charge >= 0.3 is 0 Å². The molecule has 0 saturated heterocycles. The standard InChI is InChI=1S/C10H13N3OS/c1-5(11)10-13-8(4-15-10)9-6(2)12-7(3)14-9/h4-5H,11H2,1-3H3. The average Bonchev–Trinajstić information content (AvgIpc) is 2.71. The maximum absolute atomic E-state index is 5.75. The summed E-state index contributed by atoms with van der Waals surface area (Å²) in [5.41, 5.74) is 7.44. The van der Waals surface area contributed by atoms with Crippen LogP contribution >= 0.6 is 11.3 Å². The van der Waals surface area contributed by atoms with Crippen molar-refractivity contribution in [2.75, 3.05) is 0 Å². The molecule has 0 spiro atoms. The number of aromatic nitrogens is 2. The van der Waals surface area contributed by atoms with Crippen LogP contribution in [0.3, 0.4) is 0 Å². The Morgan fingerprint density at radius 3 is 2.60 bits per heavy atom. The van der Waals surface area contributed by atoms with Crippen molar-refractivity contribution in [1.82, 2.24) is 9.97 Å². The highest BCUT2D eigenvalue weighted by Gasteiger charge is 2.14. The summed E-state index contributed by atoms with van der Waals surface area (Å²) in [7, 11) is 0. The van der Waals surface area contributed by atoms with Crippen LogP contribution in [-0.4, -0.2) is 9.97 Å². The van der Waals surface area contributed by atoms with E-state index < -0.39 is 0 Å². The summed E-state index contributed by atoms with van der Waals surface area (Å²) >= 11 is 1.55. The van der Waals surface area contributed by atoms with Crippen molar-refractivity contribution in [1.29, 1.82) is 0 Å². The first-order valence-electron chi connectivity index (χ1n) is 4.73. The van der Waals surface area contributed by atoms with Crippen LogP contribution in [0.5, 0.6) is 0 Å². The van der Waals surface area contributed by atoms with Crippen molar-refractivity contribution in [3.05, 3.63) is 22.0 Å². The van der Waals surface area contributed by atoms with Gasteiger partial charge in [-0.05, 0) is 13.8 Å². The molecule has 0 bridgehead atoms. The number of nitrogens with zero attached hydrogens (tertiary/aromatic N) is 2. The van der Waals surface area contributed by atoms with E-state index in [-0.39, 0.29) is 6.04 Å². The normalized spacial score (nSPS) is 13.1. The molecule has 1 unspecified atom stereocenters. The van der Waals surface area contributed by atoms with E-state index >= 15 is 0 Å². The third-order valence-electron chi connectivity index (χ3n) is 2.05. The van der Waals surface area contributed by atoms with Crippen molar-refractivity contribution in [2.45, 2.75) is 26.8 Å². The van der Waals surface area contributed by atoms with E-state index in [1.165, 1.54) is 0 Å². The predicted molar refractivity (Wildman–Crippen MR) is 59.7 cm³/mol. The minimum atomic E-state index is -0.0342. The van der Waals surface area contributed by atoms with Gasteiger partial charge in [-0.1, -0.05) is 0 Å². The molecule has 2 rings (SSSR count). The van der Waals surface area contributed by atoms with Gasteiger partial charge in [-0.15, -0.1) is 11.3 Å². The molecule has 5 heteroatoms. The van der Waals surface area contributed by atoms with Gasteiger partial charge in [0.05, 0.1) is 11.7 Å². The van der Waals surface area contributed by atoms with Gasteiger partial charge in [0.1, 0.15) is 10.7 Å². The Kier molecular flexibility index (Phi) is 2.58. The molecule has 80 valence electrons. The SMILES string of the molecule is Cc1nc(C)c(-c2csc(C(C)N)n2)o1. The van der Waals surface area contributed by atoms with E-state index in [0.29, 0.717) is 5.89 Å². The highest BCUT2D eigenvalue weighted by Crippen LogP contribution is 2.27. The lowest BCUT2D eigenvalue weighted by molar-refractivity contribution is 0.532. The number of oxazole rings is 1. The highest BCUT2D eigenvalue weighted by molar-refractivity contribution is 7.10. The Labute approximate surface area is 92.2 Å². The molecule has 2 heterocycles. The quantitative estimate of drug-likeness (QED) is 0.849. The second-order valence-corrected chi connectivity index (χ2v) is 4.40. The molecular formula is C10H13N3OS. The first kappa shape index (κ1) is 10.3. The molecule has 2 aromatic heterocycles. The molecule has 0 aliphatic carbocycles. The lowest BCUT2D eigenvalue weighted by Gasteiger charge is -1.96. The molecule has 4 nitrogen and oxygen atoms in total. The first-order chi connectivity index (χ1) is 7.08. The average molecular weight is 223 g/mol. The predicted octanol–water partition coefficient (Wildman–Crippen LogP) is 2.43. The summed E-state index contributed by atoms with van der Waals surface area (Å²) in [6.45, 7) is 5.66. The second-order valence-electron chi connectivity index (χ2n) is 3.51. The van der Waals surface area contributed by atoms with Crippen molar-refractivity contribution >= 4 is 11.3 Å². The van der Waals surface area contributed by atoms with Crippen LogP contribution in [0.15, 0.2) is 9.80 Å². The van der Waals surface area contributed by atoms with Gasteiger partial charge in [0.25, 0.3) is 0 Å².